The first kappa shape index (κ1) is 12.6. The van der Waals surface area contributed by atoms with Crippen molar-refractivity contribution in [2.45, 2.75) is 39.0 Å². The first-order chi connectivity index (χ1) is 8.36. The molecule has 17 heavy (non-hydrogen) atoms. The number of hydrogen-bond donors (Lipinski definition) is 1. The van der Waals surface area contributed by atoms with E-state index in [1.807, 2.05) is 0 Å². The van der Waals surface area contributed by atoms with Crippen LogP contribution in [0.25, 0.3) is 0 Å². The van der Waals surface area contributed by atoms with E-state index in [2.05, 4.69) is 49.5 Å². The molecule has 0 aliphatic carbocycles. The van der Waals surface area contributed by atoms with E-state index >= 15 is 0 Å². The van der Waals surface area contributed by atoms with Crippen molar-refractivity contribution in [2.24, 2.45) is 11.8 Å². The van der Waals surface area contributed by atoms with E-state index in [1.165, 1.54) is 31.4 Å². The third-order valence-electron chi connectivity index (χ3n) is 4.42. The minimum Gasteiger partial charge on any atom is -0.316 e. The van der Waals surface area contributed by atoms with E-state index in [0.717, 1.165) is 24.3 Å². The van der Waals surface area contributed by atoms with Gasteiger partial charge in [-0.1, -0.05) is 57.0 Å². The summed E-state index contributed by atoms with van der Waals surface area (Å²) in [5.74, 6) is 2.48. The van der Waals surface area contributed by atoms with Gasteiger partial charge < -0.3 is 5.32 Å². The number of rotatable bonds is 4. The molecule has 1 aromatic rings. The molecule has 0 bridgehead atoms. The second kappa shape index (κ2) is 6.20. The smallest absolute Gasteiger partial charge is 0.00229 e. The highest BCUT2D eigenvalue weighted by molar-refractivity contribution is 5.21. The molecule has 1 aliphatic heterocycles. The van der Waals surface area contributed by atoms with Crippen molar-refractivity contribution >= 4 is 0 Å². The molecule has 0 amide bonds. The molecule has 1 saturated heterocycles. The molecule has 2 unspecified atom stereocenters. The largest absolute Gasteiger partial charge is 0.316 e. The number of benzene rings is 1. The van der Waals surface area contributed by atoms with Crippen LogP contribution in [0.1, 0.15) is 44.6 Å². The summed E-state index contributed by atoms with van der Waals surface area (Å²) in [5, 5.41) is 3.57. The van der Waals surface area contributed by atoms with Gasteiger partial charge in [-0.25, -0.2) is 0 Å². The standard InChI is InChI=1S/C16H25N/c1-3-13(4-2)15-10-11-17-12-16(15)14-8-6-5-7-9-14/h5-9,13,15-17H,3-4,10-12H2,1-2H3. The molecule has 1 heterocycles. The van der Waals surface area contributed by atoms with Crippen LogP contribution in [0.5, 0.6) is 0 Å². The number of nitrogens with one attached hydrogen (secondary N) is 1. The molecule has 2 atom stereocenters. The van der Waals surface area contributed by atoms with Crippen LogP contribution >= 0.6 is 0 Å². The van der Waals surface area contributed by atoms with Crippen molar-refractivity contribution in [2.75, 3.05) is 13.1 Å². The van der Waals surface area contributed by atoms with E-state index in [0.29, 0.717) is 0 Å². The van der Waals surface area contributed by atoms with Crippen LogP contribution < -0.4 is 5.32 Å². The van der Waals surface area contributed by atoms with Crippen molar-refractivity contribution in [3.63, 3.8) is 0 Å². The predicted molar refractivity (Wildman–Crippen MR) is 74.2 cm³/mol. The predicted octanol–water partition coefficient (Wildman–Crippen LogP) is 3.82. The highest BCUT2D eigenvalue weighted by atomic mass is 14.9. The molecule has 94 valence electrons. The zero-order valence-electron chi connectivity index (χ0n) is 11.2. The normalized spacial score (nSPS) is 25.1. The Bertz CT molecular complexity index is 316. The Hall–Kier alpha value is -0.820. The fraction of sp³-hybridized carbons (Fsp3) is 0.625. The van der Waals surface area contributed by atoms with Crippen LogP contribution in [0.4, 0.5) is 0 Å². The van der Waals surface area contributed by atoms with Gasteiger partial charge in [-0.15, -0.1) is 0 Å². The fourth-order valence-electron chi connectivity index (χ4n) is 3.40. The summed E-state index contributed by atoms with van der Waals surface area (Å²) in [6.07, 6.45) is 3.99. The topological polar surface area (TPSA) is 12.0 Å². The molecule has 1 aliphatic rings. The summed E-state index contributed by atoms with van der Waals surface area (Å²) in [6, 6.07) is 11.1. The molecule has 1 heteroatoms. The second-order valence-corrected chi connectivity index (χ2v) is 5.25. The van der Waals surface area contributed by atoms with Gasteiger partial charge in [-0.2, -0.15) is 0 Å². The van der Waals surface area contributed by atoms with Crippen LogP contribution in [0.3, 0.4) is 0 Å². The summed E-state index contributed by atoms with van der Waals surface area (Å²) < 4.78 is 0. The third kappa shape index (κ3) is 2.90. The Labute approximate surface area is 106 Å². The zero-order valence-corrected chi connectivity index (χ0v) is 11.2. The molecule has 1 fully saturated rings. The summed E-state index contributed by atoms with van der Waals surface area (Å²) in [4.78, 5) is 0. The molecule has 1 N–H and O–H groups in total. The lowest BCUT2D eigenvalue weighted by molar-refractivity contribution is 0.213. The maximum absolute atomic E-state index is 3.57. The third-order valence-corrected chi connectivity index (χ3v) is 4.42. The fourth-order valence-corrected chi connectivity index (χ4v) is 3.40. The lowest BCUT2D eigenvalue weighted by Crippen LogP contribution is -2.38. The van der Waals surface area contributed by atoms with E-state index in [9.17, 15) is 0 Å². The molecule has 1 aromatic carbocycles. The molecular weight excluding hydrogens is 206 g/mol. The first-order valence-corrected chi connectivity index (χ1v) is 7.12. The molecule has 0 aromatic heterocycles. The summed E-state index contributed by atoms with van der Waals surface area (Å²) >= 11 is 0. The highest BCUT2D eigenvalue weighted by Crippen LogP contribution is 2.37. The number of hydrogen-bond acceptors (Lipinski definition) is 1. The Morgan fingerprint density at radius 2 is 1.88 bits per heavy atom. The summed E-state index contributed by atoms with van der Waals surface area (Å²) in [5.41, 5.74) is 1.52. The maximum Gasteiger partial charge on any atom is 0.00229 e. The van der Waals surface area contributed by atoms with E-state index in [1.54, 1.807) is 0 Å². The average molecular weight is 231 g/mol. The second-order valence-electron chi connectivity index (χ2n) is 5.25. The Balaban J connectivity index is 2.17. The lowest BCUT2D eigenvalue weighted by Gasteiger charge is -2.37. The lowest BCUT2D eigenvalue weighted by atomic mass is 9.72. The zero-order chi connectivity index (χ0) is 12.1. The Morgan fingerprint density at radius 1 is 1.18 bits per heavy atom. The van der Waals surface area contributed by atoms with Gasteiger partial charge in [0, 0.05) is 6.54 Å². The minimum absolute atomic E-state index is 0.717. The van der Waals surface area contributed by atoms with Crippen LogP contribution in [0.15, 0.2) is 30.3 Å². The van der Waals surface area contributed by atoms with E-state index in [4.69, 9.17) is 0 Å². The molecule has 0 radical (unpaired) electrons. The highest BCUT2D eigenvalue weighted by Gasteiger charge is 2.30. The van der Waals surface area contributed by atoms with Crippen molar-refractivity contribution in [3.8, 4) is 0 Å². The molecule has 0 spiro atoms. The van der Waals surface area contributed by atoms with E-state index < -0.39 is 0 Å². The number of piperidine rings is 1. The molecule has 0 saturated carbocycles. The van der Waals surface area contributed by atoms with Crippen LogP contribution in [0.2, 0.25) is 0 Å². The van der Waals surface area contributed by atoms with Gasteiger partial charge >= 0.3 is 0 Å². The summed E-state index contributed by atoms with van der Waals surface area (Å²) in [6.45, 7) is 7.05. The van der Waals surface area contributed by atoms with Gasteiger partial charge in [-0.3, -0.25) is 0 Å². The molecule has 1 nitrogen and oxygen atoms in total. The Morgan fingerprint density at radius 3 is 2.53 bits per heavy atom. The van der Waals surface area contributed by atoms with Crippen LogP contribution in [-0.4, -0.2) is 13.1 Å². The van der Waals surface area contributed by atoms with Crippen LogP contribution in [-0.2, 0) is 0 Å². The Kier molecular flexibility index (Phi) is 4.61. The van der Waals surface area contributed by atoms with Crippen molar-refractivity contribution in [1.82, 2.24) is 5.32 Å². The summed E-state index contributed by atoms with van der Waals surface area (Å²) in [7, 11) is 0. The minimum atomic E-state index is 0.717. The first-order valence-electron chi connectivity index (χ1n) is 7.12. The van der Waals surface area contributed by atoms with Gasteiger partial charge in [-0.05, 0) is 36.3 Å². The van der Waals surface area contributed by atoms with Gasteiger partial charge in [0.2, 0.25) is 0 Å². The average Bonchev–Trinajstić information content (AvgIpc) is 2.42. The molecular formula is C16H25N. The van der Waals surface area contributed by atoms with Gasteiger partial charge in [0.15, 0.2) is 0 Å². The SMILES string of the molecule is CCC(CC)C1CCNCC1c1ccccc1. The van der Waals surface area contributed by atoms with Crippen molar-refractivity contribution in [3.05, 3.63) is 35.9 Å². The van der Waals surface area contributed by atoms with Crippen LogP contribution in [0, 0.1) is 11.8 Å². The maximum atomic E-state index is 3.57. The van der Waals surface area contributed by atoms with Gasteiger partial charge in [0.05, 0.1) is 0 Å². The van der Waals surface area contributed by atoms with Gasteiger partial charge in [0.25, 0.3) is 0 Å². The van der Waals surface area contributed by atoms with Gasteiger partial charge in [0.1, 0.15) is 0 Å². The van der Waals surface area contributed by atoms with Crippen molar-refractivity contribution < 1.29 is 0 Å². The van der Waals surface area contributed by atoms with Crippen molar-refractivity contribution in [1.29, 1.82) is 0 Å². The quantitative estimate of drug-likeness (QED) is 0.830. The van der Waals surface area contributed by atoms with E-state index in [-0.39, 0.29) is 0 Å². The molecule has 2 rings (SSSR count). The monoisotopic (exact) mass is 231 g/mol.